The van der Waals surface area contributed by atoms with Crippen molar-refractivity contribution < 1.29 is 19.4 Å². The van der Waals surface area contributed by atoms with E-state index < -0.39 is 12.0 Å². The summed E-state index contributed by atoms with van der Waals surface area (Å²) in [5, 5.41) is 14.2. The Morgan fingerprint density at radius 2 is 1.93 bits per heavy atom. The summed E-state index contributed by atoms with van der Waals surface area (Å²) in [6.45, 7) is 5.30. The molecule has 1 aliphatic carbocycles. The van der Waals surface area contributed by atoms with Crippen molar-refractivity contribution in [3.8, 4) is 17.4 Å². The van der Waals surface area contributed by atoms with Crippen LogP contribution in [0.4, 0.5) is 0 Å². The highest BCUT2D eigenvalue weighted by Crippen LogP contribution is 2.29. The Kier molecular flexibility index (Phi) is 8.94. The van der Waals surface area contributed by atoms with Crippen LogP contribution in [0.5, 0.6) is 17.4 Å². The number of hydrogen-bond donors (Lipinski definition) is 4. The second-order valence-corrected chi connectivity index (χ2v) is 11.7. The molecule has 2 heterocycles. The van der Waals surface area contributed by atoms with Gasteiger partial charge in [0.1, 0.15) is 29.7 Å². The number of amides is 1. The molecule has 0 radical (unpaired) electrons. The highest BCUT2D eigenvalue weighted by molar-refractivity contribution is 5.92. The Morgan fingerprint density at radius 1 is 1.17 bits per heavy atom. The van der Waals surface area contributed by atoms with Crippen LogP contribution < -0.4 is 26.2 Å². The van der Waals surface area contributed by atoms with Gasteiger partial charge in [-0.2, -0.15) is 0 Å². The summed E-state index contributed by atoms with van der Waals surface area (Å²) in [6, 6.07) is 16.5. The van der Waals surface area contributed by atoms with E-state index in [1.54, 1.807) is 16.7 Å². The first-order valence-electron chi connectivity index (χ1n) is 14.5. The van der Waals surface area contributed by atoms with Crippen LogP contribution in [0.15, 0.2) is 65.6 Å². The van der Waals surface area contributed by atoms with Gasteiger partial charge in [0.05, 0.1) is 11.1 Å². The minimum Gasteiger partial charge on any atom is -0.489 e. The van der Waals surface area contributed by atoms with Gasteiger partial charge < -0.3 is 30.6 Å². The van der Waals surface area contributed by atoms with Gasteiger partial charge in [0.2, 0.25) is 11.8 Å². The fourth-order valence-corrected chi connectivity index (χ4v) is 5.52. The lowest BCUT2D eigenvalue weighted by molar-refractivity contribution is 0.0993. The zero-order valence-electron chi connectivity index (χ0n) is 24.1. The molecule has 2 aromatic heterocycles. The van der Waals surface area contributed by atoms with Crippen molar-refractivity contribution in [3.05, 3.63) is 82.4 Å². The number of pyridine rings is 1. The third-order valence-corrected chi connectivity index (χ3v) is 7.73. The summed E-state index contributed by atoms with van der Waals surface area (Å²) in [6.07, 6.45) is 6.09. The summed E-state index contributed by atoms with van der Waals surface area (Å²) in [4.78, 5) is 30.9. The fraction of sp³-hybridized carbons (Fsp3) is 0.406. The first-order chi connectivity index (χ1) is 20.2. The van der Waals surface area contributed by atoms with Crippen molar-refractivity contribution >= 4 is 16.9 Å². The van der Waals surface area contributed by atoms with Crippen LogP contribution in [0, 0.1) is 5.92 Å². The molecule has 222 valence electrons. The van der Waals surface area contributed by atoms with E-state index in [1.807, 2.05) is 42.5 Å². The number of fused-ring (bicyclic) bond motifs is 1. The number of ether oxygens (including phenoxy) is 2. The van der Waals surface area contributed by atoms with Crippen molar-refractivity contribution in [1.29, 1.82) is 0 Å². The van der Waals surface area contributed by atoms with E-state index in [2.05, 4.69) is 29.1 Å². The number of nitrogens with one attached hydrogen (secondary N) is 2. The first kappa shape index (κ1) is 29.3. The number of H-pyrrole nitrogens is 1. The molecule has 1 amide bonds. The van der Waals surface area contributed by atoms with Gasteiger partial charge in [0, 0.05) is 30.9 Å². The number of imidazole rings is 1. The van der Waals surface area contributed by atoms with E-state index >= 15 is 0 Å². The minimum atomic E-state index is -0.738. The van der Waals surface area contributed by atoms with E-state index in [1.165, 1.54) is 19.0 Å². The standard InChI is InChI=1S/C32H39N5O5/c1-32(2,16-21-10-13-25(14-11-21)42-28-15-12-23(17-34-28)30(33)39)35-18-24(38)20-41-27-9-5-8-26-29(27)37(31(40)36-26)19-22-6-3-4-7-22/h5,8-15,17,22,24,35,38H,3-4,6-7,16,18-20H2,1-2H3,(H2,33,39)(H,36,40)/t24-/m0/s1. The molecule has 5 N–H and O–H groups in total. The molecule has 4 aromatic rings. The maximum absolute atomic E-state index is 12.7. The van der Waals surface area contributed by atoms with Gasteiger partial charge in [-0.3, -0.25) is 9.36 Å². The van der Waals surface area contributed by atoms with Crippen LogP contribution in [0.1, 0.15) is 55.5 Å². The maximum atomic E-state index is 12.7. The Hall–Kier alpha value is -4.15. The average Bonchev–Trinajstić information content (AvgIpc) is 3.60. The number of aliphatic hydroxyl groups is 1. The van der Waals surface area contributed by atoms with Gasteiger partial charge in [0.15, 0.2) is 0 Å². The number of para-hydroxylation sites is 1. The van der Waals surface area contributed by atoms with Crippen LogP contribution in [0.2, 0.25) is 0 Å². The fourth-order valence-electron chi connectivity index (χ4n) is 5.52. The van der Waals surface area contributed by atoms with Crippen molar-refractivity contribution in [2.45, 2.75) is 64.1 Å². The predicted molar refractivity (Wildman–Crippen MR) is 161 cm³/mol. The smallest absolute Gasteiger partial charge is 0.326 e. The lowest BCUT2D eigenvalue weighted by Crippen LogP contribution is -2.46. The molecule has 1 aliphatic rings. The molecule has 5 rings (SSSR count). The SMILES string of the molecule is CC(C)(Cc1ccc(Oc2ccc(C(N)=O)cn2)cc1)NC[C@H](O)COc1cccc2[nH]c(=O)n(CC3CCCC3)c12. The molecule has 1 atom stereocenters. The zero-order valence-corrected chi connectivity index (χ0v) is 24.1. The van der Waals surface area contributed by atoms with Crippen LogP contribution >= 0.6 is 0 Å². The van der Waals surface area contributed by atoms with E-state index in [0.29, 0.717) is 41.9 Å². The molecule has 0 saturated heterocycles. The summed E-state index contributed by atoms with van der Waals surface area (Å²) in [5.41, 5.74) is 7.77. The molecule has 42 heavy (non-hydrogen) atoms. The van der Waals surface area contributed by atoms with Crippen LogP contribution in [0.3, 0.4) is 0 Å². The highest BCUT2D eigenvalue weighted by Gasteiger charge is 2.22. The van der Waals surface area contributed by atoms with Gasteiger partial charge in [-0.25, -0.2) is 9.78 Å². The Labute approximate surface area is 244 Å². The van der Waals surface area contributed by atoms with Crippen LogP contribution in [-0.4, -0.2) is 50.3 Å². The Balaban J connectivity index is 1.12. The van der Waals surface area contributed by atoms with Crippen molar-refractivity contribution in [2.24, 2.45) is 11.7 Å². The molecular weight excluding hydrogens is 534 g/mol. The van der Waals surface area contributed by atoms with E-state index in [9.17, 15) is 14.7 Å². The second kappa shape index (κ2) is 12.8. The number of hydrogen-bond acceptors (Lipinski definition) is 7. The second-order valence-electron chi connectivity index (χ2n) is 11.7. The number of carbonyl (C=O) groups is 1. The largest absolute Gasteiger partial charge is 0.489 e. The Morgan fingerprint density at radius 3 is 2.62 bits per heavy atom. The van der Waals surface area contributed by atoms with Crippen LogP contribution in [-0.2, 0) is 13.0 Å². The van der Waals surface area contributed by atoms with E-state index in [4.69, 9.17) is 15.2 Å². The minimum absolute atomic E-state index is 0.103. The van der Waals surface area contributed by atoms with Gasteiger partial charge in [-0.05, 0) is 74.9 Å². The number of nitrogens with zero attached hydrogens (tertiary/aromatic N) is 2. The monoisotopic (exact) mass is 573 g/mol. The maximum Gasteiger partial charge on any atom is 0.326 e. The quantitative estimate of drug-likeness (QED) is 0.188. The molecule has 1 saturated carbocycles. The first-order valence-corrected chi connectivity index (χ1v) is 14.5. The third-order valence-electron chi connectivity index (χ3n) is 7.73. The van der Waals surface area contributed by atoms with Gasteiger partial charge in [0.25, 0.3) is 0 Å². The normalized spacial score (nSPS) is 14.7. The lowest BCUT2D eigenvalue weighted by Gasteiger charge is -2.28. The summed E-state index contributed by atoms with van der Waals surface area (Å²) in [5.74, 6) is 1.57. The summed E-state index contributed by atoms with van der Waals surface area (Å²) < 4.78 is 13.6. The molecule has 10 heteroatoms. The number of rotatable bonds is 13. The van der Waals surface area contributed by atoms with E-state index in [-0.39, 0.29) is 17.8 Å². The van der Waals surface area contributed by atoms with Crippen molar-refractivity contribution in [3.63, 3.8) is 0 Å². The van der Waals surface area contributed by atoms with Crippen molar-refractivity contribution in [2.75, 3.05) is 13.2 Å². The molecule has 0 unspecified atom stereocenters. The summed E-state index contributed by atoms with van der Waals surface area (Å²) >= 11 is 0. The topological polar surface area (TPSA) is 144 Å². The number of primary amides is 1. The number of aliphatic hydroxyl groups excluding tert-OH is 1. The molecule has 1 fully saturated rings. The molecule has 0 bridgehead atoms. The molecule has 0 spiro atoms. The Bertz CT molecular complexity index is 1550. The number of β-amino-alcohol motifs (C(OH)–C–C–N with tert-alkyl or cyclic N) is 1. The van der Waals surface area contributed by atoms with Crippen LogP contribution in [0.25, 0.3) is 11.0 Å². The zero-order chi connectivity index (χ0) is 29.7. The predicted octanol–water partition coefficient (Wildman–Crippen LogP) is 4.16. The van der Waals surface area contributed by atoms with Gasteiger partial charge in [-0.15, -0.1) is 0 Å². The van der Waals surface area contributed by atoms with Crippen molar-refractivity contribution in [1.82, 2.24) is 19.9 Å². The lowest BCUT2D eigenvalue weighted by atomic mass is 9.94. The summed E-state index contributed by atoms with van der Waals surface area (Å²) in [7, 11) is 0. The average molecular weight is 574 g/mol. The molecule has 10 nitrogen and oxygen atoms in total. The van der Waals surface area contributed by atoms with E-state index in [0.717, 1.165) is 35.9 Å². The molecule has 0 aliphatic heterocycles. The number of aromatic nitrogens is 3. The molecule has 2 aromatic carbocycles. The number of carbonyl (C=O) groups excluding carboxylic acids is 1. The highest BCUT2D eigenvalue weighted by atomic mass is 16.5. The van der Waals surface area contributed by atoms with Gasteiger partial charge >= 0.3 is 5.69 Å². The number of benzene rings is 2. The third kappa shape index (κ3) is 7.37. The van der Waals surface area contributed by atoms with Gasteiger partial charge in [-0.1, -0.05) is 31.0 Å². The number of nitrogens with two attached hydrogens (primary N) is 1. The molecular formula is C32H39N5O5. The number of aromatic amines is 1.